The topological polar surface area (TPSA) is 29.3 Å². The fourth-order valence-electron chi connectivity index (χ4n) is 2.55. The lowest BCUT2D eigenvalue weighted by molar-refractivity contribution is 0.226. The molecule has 1 heterocycles. The molecule has 0 spiro atoms. The molecule has 1 aliphatic heterocycles. The first kappa shape index (κ1) is 13.6. The van der Waals surface area contributed by atoms with Gasteiger partial charge in [0.05, 0.1) is 0 Å². The molecule has 1 fully saturated rings. The maximum atomic E-state index is 6.27. The van der Waals surface area contributed by atoms with Crippen LogP contribution in [0, 0.1) is 5.41 Å². The molecule has 1 aromatic carbocycles. The fraction of sp³-hybridized carbons (Fsp3) is 0.625. The molecule has 0 saturated carbocycles. The Kier molecular flexibility index (Phi) is 4.08. The lowest BCUT2D eigenvalue weighted by Gasteiger charge is -2.30. The molecule has 0 amide bonds. The van der Waals surface area contributed by atoms with Crippen LogP contribution in [0.3, 0.4) is 0 Å². The predicted octanol–water partition coefficient (Wildman–Crippen LogP) is 2.85. The van der Waals surface area contributed by atoms with E-state index in [-0.39, 0.29) is 11.5 Å². The van der Waals surface area contributed by atoms with E-state index in [4.69, 9.17) is 5.73 Å². The van der Waals surface area contributed by atoms with Crippen molar-refractivity contribution in [2.24, 2.45) is 11.1 Å². The van der Waals surface area contributed by atoms with E-state index in [0.717, 1.165) is 13.1 Å². The molecule has 1 saturated heterocycles. The summed E-state index contributed by atoms with van der Waals surface area (Å²) in [5, 5.41) is 0. The van der Waals surface area contributed by atoms with Gasteiger partial charge in [-0.15, -0.1) is 0 Å². The molecule has 0 aromatic heterocycles. The van der Waals surface area contributed by atoms with E-state index < -0.39 is 0 Å². The highest BCUT2D eigenvalue weighted by Crippen LogP contribution is 2.28. The van der Waals surface area contributed by atoms with Gasteiger partial charge in [-0.1, -0.05) is 51.1 Å². The first-order chi connectivity index (χ1) is 8.47. The highest BCUT2D eigenvalue weighted by molar-refractivity contribution is 5.21. The summed E-state index contributed by atoms with van der Waals surface area (Å²) in [5.41, 5.74) is 7.95. The van der Waals surface area contributed by atoms with Gasteiger partial charge in [-0.25, -0.2) is 0 Å². The Morgan fingerprint density at radius 3 is 2.56 bits per heavy atom. The minimum atomic E-state index is 0.199. The SMILES string of the molecule is CC(C)(C)C(N)CN1CCC(c2ccccc2)C1. The summed E-state index contributed by atoms with van der Waals surface area (Å²) < 4.78 is 0. The van der Waals surface area contributed by atoms with E-state index in [9.17, 15) is 0 Å². The Balaban J connectivity index is 1.89. The average Bonchev–Trinajstić information content (AvgIpc) is 2.77. The third-order valence-electron chi connectivity index (χ3n) is 4.11. The Labute approximate surface area is 111 Å². The van der Waals surface area contributed by atoms with Crippen LogP contribution >= 0.6 is 0 Å². The molecule has 1 aromatic rings. The van der Waals surface area contributed by atoms with Gasteiger partial charge in [-0.05, 0) is 29.9 Å². The van der Waals surface area contributed by atoms with Crippen molar-refractivity contribution in [3.05, 3.63) is 35.9 Å². The zero-order chi connectivity index (χ0) is 13.2. The molecule has 0 radical (unpaired) electrons. The minimum Gasteiger partial charge on any atom is -0.326 e. The van der Waals surface area contributed by atoms with E-state index in [1.807, 2.05) is 0 Å². The molecule has 18 heavy (non-hydrogen) atoms. The number of nitrogens with two attached hydrogens (primary N) is 1. The van der Waals surface area contributed by atoms with Gasteiger partial charge in [0.1, 0.15) is 0 Å². The molecular formula is C16H26N2. The van der Waals surface area contributed by atoms with Gasteiger partial charge in [-0.3, -0.25) is 0 Å². The number of benzene rings is 1. The number of likely N-dealkylation sites (tertiary alicyclic amines) is 1. The van der Waals surface area contributed by atoms with Crippen LogP contribution < -0.4 is 5.73 Å². The van der Waals surface area contributed by atoms with Gasteiger partial charge >= 0.3 is 0 Å². The normalized spacial score (nSPS) is 23.2. The summed E-state index contributed by atoms with van der Waals surface area (Å²) in [6.07, 6.45) is 1.26. The smallest absolute Gasteiger partial charge is 0.0217 e. The molecule has 2 heteroatoms. The average molecular weight is 246 g/mol. The van der Waals surface area contributed by atoms with Crippen LogP contribution in [-0.2, 0) is 0 Å². The van der Waals surface area contributed by atoms with E-state index in [2.05, 4.69) is 56.0 Å². The molecule has 1 aliphatic rings. The number of hydrogen-bond acceptors (Lipinski definition) is 2. The maximum Gasteiger partial charge on any atom is 0.0217 e. The molecule has 2 unspecified atom stereocenters. The van der Waals surface area contributed by atoms with Gasteiger partial charge in [-0.2, -0.15) is 0 Å². The van der Waals surface area contributed by atoms with Crippen molar-refractivity contribution in [1.82, 2.24) is 4.90 Å². The molecule has 0 aliphatic carbocycles. The van der Waals surface area contributed by atoms with Crippen molar-refractivity contribution >= 4 is 0 Å². The summed E-state index contributed by atoms with van der Waals surface area (Å²) in [5.74, 6) is 0.693. The van der Waals surface area contributed by atoms with E-state index >= 15 is 0 Å². The monoisotopic (exact) mass is 246 g/mol. The van der Waals surface area contributed by atoms with Crippen LogP contribution in [0.1, 0.15) is 38.7 Å². The largest absolute Gasteiger partial charge is 0.326 e. The molecule has 2 N–H and O–H groups in total. The molecular weight excluding hydrogens is 220 g/mol. The predicted molar refractivity (Wildman–Crippen MR) is 77.7 cm³/mol. The number of rotatable bonds is 3. The Morgan fingerprint density at radius 1 is 1.28 bits per heavy atom. The van der Waals surface area contributed by atoms with Crippen LogP contribution in [0.5, 0.6) is 0 Å². The quantitative estimate of drug-likeness (QED) is 0.888. The van der Waals surface area contributed by atoms with Crippen LogP contribution in [0.2, 0.25) is 0 Å². The number of nitrogens with zero attached hydrogens (tertiary/aromatic N) is 1. The van der Waals surface area contributed by atoms with Gasteiger partial charge in [0.25, 0.3) is 0 Å². The first-order valence-corrected chi connectivity index (χ1v) is 6.99. The van der Waals surface area contributed by atoms with Gasteiger partial charge < -0.3 is 10.6 Å². The lowest BCUT2D eigenvalue weighted by Crippen LogP contribution is -2.44. The van der Waals surface area contributed by atoms with Crippen LogP contribution in [-0.4, -0.2) is 30.6 Å². The molecule has 100 valence electrons. The van der Waals surface area contributed by atoms with Crippen LogP contribution in [0.25, 0.3) is 0 Å². The van der Waals surface area contributed by atoms with Gasteiger partial charge in [0, 0.05) is 19.1 Å². The van der Waals surface area contributed by atoms with Crippen molar-refractivity contribution in [3.63, 3.8) is 0 Å². The summed E-state index contributed by atoms with van der Waals surface area (Å²) in [4.78, 5) is 2.52. The van der Waals surface area contributed by atoms with Crippen molar-refractivity contribution in [2.45, 2.75) is 39.2 Å². The van der Waals surface area contributed by atoms with Crippen LogP contribution in [0.4, 0.5) is 0 Å². The Hall–Kier alpha value is -0.860. The molecule has 2 nitrogen and oxygen atoms in total. The first-order valence-electron chi connectivity index (χ1n) is 6.99. The molecule has 0 bridgehead atoms. The van der Waals surface area contributed by atoms with Crippen molar-refractivity contribution in [1.29, 1.82) is 0 Å². The Bertz CT molecular complexity index is 366. The second-order valence-electron chi connectivity index (χ2n) is 6.63. The minimum absolute atomic E-state index is 0.199. The lowest BCUT2D eigenvalue weighted by atomic mass is 9.87. The van der Waals surface area contributed by atoms with Crippen molar-refractivity contribution < 1.29 is 0 Å². The van der Waals surface area contributed by atoms with E-state index in [1.165, 1.54) is 18.5 Å². The van der Waals surface area contributed by atoms with Gasteiger partial charge in [0.15, 0.2) is 0 Å². The summed E-state index contributed by atoms with van der Waals surface area (Å²) in [7, 11) is 0. The fourth-order valence-corrected chi connectivity index (χ4v) is 2.55. The molecule has 2 rings (SSSR count). The maximum absolute atomic E-state index is 6.27. The molecule has 2 atom stereocenters. The van der Waals surface area contributed by atoms with Gasteiger partial charge in [0.2, 0.25) is 0 Å². The Morgan fingerprint density at radius 2 is 1.94 bits per heavy atom. The van der Waals surface area contributed by atoms with Crippen LogP contribution in [0.15, 0.2) is 30.3 Å². The van der Waals surface area contributed by atoms with E-state index in [1.54, 1.807) is 0 Å². The summed E-state index contributed by atoms with van der Waals surface area (Å²) in [6.45, 7) is 10.0. The van der Waals surface area contributed by atoms with E-state index in [0.29, 0.717) is 5.92 Å². The standard InChI is InChI=1S/C16H26N2/c1-16(2,3)15(17)12-18-10-9-14(11-18)13-7-5-4-6-8-13/h4-8,14-15H,9-12,17H2,1-3H3. The zero-order valence-electron chi connectivity index (χ0n) is 11.9. The zero-order valence-corrected chi connectivity index (χ0v) is 11.9. The third kappa shape index (κ3) is 3.33. The van der Waals surface area contributed by atoms with Crippen molar-refractivity contribution in [2.75, 3.05) is 19.6 Å². The second kappa shape index (κ2) is 5.41. The third-order valence-corrected chi connectivity index (χ3v) is 4.11. The number of hydrogen-bond donors (Lipinski definition) is 1. The summed E-state index contributed by atoms with van der Waals surface area (Å²) in [6, 6.07) is 11.1. The second-order valence-corrected chi connectivity index (χ2v) is 6.63. The summed E-state index contributed by atoms with van der Waals surface area (Å²) >= 11 is 0. The van der Waals surface area contributed by atoms with Crippen molar-refractivity contribution in [3.8, 4) is 0 Å². The highest BCUT2D eigenvalue weighted by Gasteiger charge is 2.28. The highest BCUT2D eigenvalue weighted by atomic mass is 15.2.